The molecule has 0 saturated heterocycles. The van der Waals surface area contributed by atoms with Crippen molar-refractivity contribution in [1.29, 1.82) is 0 Å². The molecule has 0 saturated carbocycles. The van der Waals surface area contributed by atoms with Crippen molar-refractivity contribution < 1.29 is 4.79 Å². The summed E-state index contributed by atoms with van der Waals surface area (Å²) in [6.07, 6.45) is 1.70. The van der Waals surface area contributed by atoms with Crippen LogP contribution in [-0.4, -0.2) is 20.3 Å². The average Bonchev–Trinajstić information content (AvgIpc) is 3.17. The zero-order valence-electron chi connectivity index (χ0n) is 20.2. The third-order valence-corrected chi connectivity index (χ3v) is 6.51. The van der Waals surface area contributed by atoms with Crippen LogP contribution >= 0.6 is 0 Å². The van der Waals surface area contributed by atoms with E-state index in [1.54, 1.807) is 6.20 Å². The number of hydrogen-bond acceptors (Lipinski definition) is 3. The Kier molecular flexibility index (Phi) is 5.95. The number of rotatable bonds is 6. The van der Waals surface area contributed by atoms with Gasteiger partial charge in [0, 0.05) is 29.4 Å². The summed E-state index contributed by atoms with van der Waals surface area (Å²) in [5.74, 6) is -0.253. The summed E-state index contributed by atoms with van der Waals surface area (Å²) in [7, 11) is 0. The molecule has 176 valence electrons. The van der Waals surface area contributed by atoms with Gasteiger partial charge in [0.05, 0.1) is 6.20 Å². The van der Waals surface area contributed by atoms with Crippen molar-refractivity contribution in [2.75, 3.05) is 0 Å². The van der Waals surface area contributed by atoms with E-state index < -0.39 is 0 Å². The van der Waals surface area contributed by atoms with Crippen LogP contribution in [0.25, 0.3) is 21.8 Å². The van der Waals surface area contributed by atoms with Gasteiger partial charge < -0.3 is 9.88 Å². The van der Waals surface area contributed by atoms with E-state index >= 15 is 0 Å². The fourth-order valence-electron chi connectivity index (χ4n) is 4.51. The van der Waals surface area contributed by atoms with Crippen LogP contribution in [0, 0.1) is 20.8 Å². The summed E-state index contributed by atoms with van der Waals surface area (Å²) < 4.78 is 3.31. The minimum absolute atomic E-state index is 0.133. The number of benzene rings is 3. The van der Waals surface area contributed by atoms with Crippen LogP contribution in [0.5, 0.6) is 0 Å². The lowest BCUT2D eigenvalue weighted by molar-refractivity contribution is -0.122. The molecule has 1 N–H and O–H groups in total. The van der Waals surface area contributed by atoms with Crippen molar-refractivity contribution in [3.8, 4) is 0 Å². The molecule has 6 nitrogen and oxygen atoms in total. The number of aromatic nitrogens is 3. The van der Waals surface area contributed by atoms with Crippen molar-refractivity contribution in [1.82, 2.24) is 19.7 Å². The molecule has 0 radical (unpaired) electrons. The first-order valence-corrected chi connectivity index (χ1v) is 11.8. The lowest BCUT2D eigenvalue weighted by atomic mass is 10.1. The number of nitrogens with zero attached hydrogens (tertiary/aromatic N) is 3. The normalized spacial score (nSPS) is 11.3. The van der Waals surface area contributed by atoms with Crippen molar-refractivity contribution in [2.45, 2.75) is 40.4 Å². The molecule has 0 aliphatic carbocycles. The Morgan fingerprint density at radius 2 is 1.66 bits per heavy atom. The molecular weight excluding hydrogens is 436 g/mol. The van der Waals surface area contributed by atoms with Gasteiger partial charge in [-0.1, -0.05) is 71.8 Å². The molecule has 0 atom stereocenters. The second-order valence-electron chi connectivity index (χ2n) is 9.17. The van der Waals surface area contributed by atoms with Gasteiger partial charge in [-0.15, -0.1) is 0 Å². The van der Waals surface area contributed by atoms with Gasteiger partial charge in [0.25, 0.3) is 5.56 Å². The zero-order chi connectivity index (χ0) is 24.5. The SMILES string of the molecule is Cc1ccc(CNC(=O)Cn2ncc3c4ccccc4n(Cc4cc(C)ccc4C)c3c2=O)cc1. The smallest absolute Gasteiger partial charge is 0.291 e. The second kappa shape index (κ2) is 9.22. The molecule has 0 spiro atoms. The molecule has 5 aromatic rings. The van der Waals surface area contributed by atoms with Crippen LogP contribution in [-0.2, 0) is 24.4 Å². The van der Waals surface area contributed by atoms with E-state index in [9.17, 15) is 9.59 Å². The molecule has 3 aromatic carbocycles. The molecular formula is C29H28N4O2. The van der Waals surface area contributed by atoms with Crippen molar-refractivity contribution in [3.05, 3.63) is 111 Å². The molecule has 0 bridgehead atoms. The molecule has 0 unspecified atom stereocenters. The molecule has 0 aliphatic heterocycles. The Hall–Kier alpha value is -4.19. The van der Waals surface area contributed by atoms with E-state index in [0.717, 1.165) is 27.4 Å². The second-order valence-corrected chi connectivity index (χ2v) is 9.17. The van der Waals surface area contributed by atoms with Crippen LogP contribution < -0.4 is 10.9 Å². The van der Waals surface area contributed by atoms with Crippen LogP contribution in [0.1, 0.15) is 27.8 Å². The fourth-order valence-corrected chi connectivity index (χ4v) is 4.51. The third-order valence-electron chi connectivity index (χ3n) is 6.51. The Morgan fingerprint density at radius 1 is 0.914 bits per heavy atom. The standard InChI is InChI=1S/C29H28N4O2/c1-19-9-12-22(13-10-19)15-30-27(34)18-33-29(35)28-25(16-31-33)24-6-4-5-7-26(24)32(28)17-23-14-20(2)8-11-21(23)3/h4-14,16H,15,17-18H2,1-3H3,(H,30,34). The maximum Gasteiger partial charge on any atom is 0.291 e. The fraction of sp³-hybridized carbons (Fsp3) is 0.207. The molecule has 1 amide bonds. The number of nitrogens with one attached hydrogen (secondary N) is 1. The van der Waals surface area contributed by atoms with Gasteiger partial charge in [-0.25, -0.2) is 4.68 Å². The van der Waals surface area contributed by atoms with E-state index in [-0.39, 0.29) is 18.0 Å². The number of carbonyl (C=O) groups excluding carboxylic acids is 1. The summed E-state index contributed by atoms with van der Waals surface area (Å²) in [6.45, 7) is 7.02. The van der Waals surface area contributed by atoms with E-state index in [2.05, 4.69) is 47.0 Å². The predicted octanol–water partition coefficient (Wildman–Crippen LogP) is 4.64. The highest BCUT2D eigenvalue weighted by molar-refractivity contribution is 6.07. The number of amides is 1. The monoisotopic (exact) mass is 464 g/mol. The molecule has 2 heterocycles. The van der Waals surface area contributed by atoms with E-state index in [1.807, 2.05) is 55.5 Å². The predicted molar refractivity (Wildman–Crippen MR) is 140 cm³/mol. The lowest BCUT2D eigenvalue weighted by Crippen LogP contribution is -2.33. The first-order valence-electron chi connectivity index (χ1n) is 11.8. The topological polar surface area (TPSA) is 68.9 Å². The van der Waals surface area contributed by atoms with Gasteiger partial charge in [-0.3, -0.25) is 9.59 Å². The first-order chi connectivity index (χ1) is 16.9. The van der Waals surface area contributed by atoms with Crippen molar-refractivity contribution in [3.63, 3.8) is 0 Å². The van der Waals surface area contributed by atoms with E-state index in [4.69, 9.17) is 0 Å². The van der Waals surface area contributed by atoms with Crippen LogP contribution in [0.3, 0.4) is 0 Å². The molecule has 5 rings (SSSR count). The average molecular weight is 465 g/mol. The van der Waals surface area contributed by atoms with Gasteiger partial charge in [0.15, 0.2) is 0 Å². The highest BCUT2D eigenvalue weighted by Gasteiger charge is 2.17. The molecule has 2 aromatic heterocycles. The van der Waals surface area contributed by atoms with Crippen LogP contribution in [0.15, 0.2) is 77.7 Å². The van der Waals surface area contributed by atoms with E-state index in [0.29, 0.717) is 18.6 Å². The van der Waals surface area contributed by atoms with Gasteiger partial charge >= 0.3 is 0 Å². The summed E-state index contributed by atoms with van der Waals surface area (Å²) in [6, 6.07) is 22.3. The Morgan fingerprint density at radius 3 is 2.46 bits per heavy atom. The summed E-state index contributed by atoms with van der Waals surface area (Å²) in [4.78, 5) is 26.3. The van der Waals surface area contributed by atoms with Gasteiger partial charge in [-0.05, 0) is 43.5 Å². The molecule has 0 aliphatic rings. The first kappa shape index (κ1) is 22.6. The number of fused-ring (bicyclic) bond motifs is 3. The van der Waals surface area contributed by atoms with Gasteiger partial charge in [0.1, 0.15) is 12.1 Å². The lowest BCUT2D eigenvalue weighted by Gasteiger charge is -2.12. The maximum atomic E-state index is 13.6. The third kappa shape index (κ3) is 4.47. The molecule has 35 heavy (non-hydrogen) atoms. The maximum absolute atomic E-state index is 13.6. The van der Waals surface area contributed by atoms with Crippen LogP contribution in [0.4, 0.5) is 0 Å². The summed E-state index contributed by atoms with van der Waals surface area (Å²) in [5, 5.41) is 9.01. The summed E-state index contributed by atoms with van der Waals surface area (Å²) in [5.41, 5.74) is 6.95. The Balaban J connectivity index is 1.50. The minimum Gasteiger partial charge on any atom is -0.350 e. The Bertz CT molecular complexity index is 1610. The number of carbonyl (C=O) groups is 1. The van der Waals surface area contributed by atoms with Crippen LogP contribution in [0.2, 0.25) is 0 Å². The number of hydrogen-bond donors (Lipinski definition) is 1. The quantitative estimate of drug-likeness (QED) is 0.398. The number of aryl methyl sites for hydroxylation is 3. The minimum atomic E-state index is -0.269. The number of para-hydroxylation sites is 1. The van der Waals surface area contributed by atoms with Gasteiger partial charge in [-0.2, -0.15) is 5.10 Å². The van der Waals surface area contributed by atoms with Crippen molar-refractivity contribution >= 4 is 27.7 Å². The highest BCUT2D eigenvalue weighted by Crippen LogP contribution is 2.27. The summed E-state index contributed by atoms with van der Waals surface area (Å²) >= 11 is 0. The van der Waals surface area contributed by atoms with Crippen molar-refractivity contribution in [2.24, 2.45) is 0 Å². The van der Waals surface area contributed by atoms with Gasteiger partial charge in [0.2, 0.25) is 5.91 Å². The highest BCUT2D eigenvalue weighted by atomic mass is 16.2. The molecule has 0 fully saturated rings. The molecule has 6 heteroatoms. The zero-order valence-corrected chi connectivity index (χ0v) is 20.2. The largest absolute Gasteiger partial charge is 0.350 e. The Labute approximate surface area is 203 Å². The van der Waals surface area contributed by atoms with E-state index in [1.165, 1.54) is 21.4 Å².